The summed E-state index contributed by atoms with van der Waals surface area (Å²) in [5.74, 6) is 0.382. The summed E-state index contributed by atoms with van der Waals surface area (Å²) < 4.78 is 5.52. The minimum Gasteiger partial charge on any atom is -0.474 e. The smallest absolute Gasteiger partial charge is 0.254 e. The van der Waals surface area contributed by atoms with Crippen molar-refractivity contribution >= 4 is 0 Å². The zero-order chi connectivity index (χ0) is 9.97. The Morgan fingerprint density at radius 2 is 2.43 bits per heavy atom. The molecular weight excluding hydrogens is 182 g/mol. The van der Waals surface area contributed by atoms with Crippen molar-refractivity contribution < 1.29 is 4.74 Å². The summed E-state index contributed by atoms with van der Waals surface area (Å²) in [7, 11) is 0. The van der Waals surface area contributed by atoms with Crippen molar-refractivity contribution in [2.75, 3.05) is 0 Å². The molecule has 1 aliphatic carbocycles. The molecule has 76 valence electrons. The first-order valence-corrected chi connectivity index (χ1v) is 4.71. The van der Waals surface area contributed by atoms with E-state index >= 15 is 0 Å². The molecule has 0 radical (unpaired) electrons. The van der Waals surface area contributed by atoms with Gasteiger partial charge < -0.3 is 15.5 Å². The van der Waals surface area contributed by atoms with Crippen LogP contribution in [0.4, 0.5) is 0 Å². The van der Waals surface area contributed by atoms with Crippen LogP contribution in [0.25, 0.3) is 0 Å². The third kappa shape index (κ3) is 2.11. The van der Waals surface area contributed by atoms with Crippen LogP contribution in [0.2, 0.25) is 0 Å². The Labute approximate surface area is 81.3 Å². The molecule has 5 heteroatoms. The van der Waals surface area contributed by atoms with Crippen molar-refractivity contribution in [3.63, 3.8) is 0 Å². The van der Waals surface area contributed by atoms with Gasteiger partial charge in [0, 0.05) is 6.04 Å². The Morgan fingerprint density at radius 1 is 1.57 bits per heavy atom. The number of ether oxygens (including phenoxy) is 1. The summed E-state index contributed by atoms with van der Waals surface area (Å²) in [6.45, 7) is 0. The number of rotatable bonds is 2. The Morgan fingerprint density at radius 3 is 3.07 bits per heavy atom. The van der Waals surface area contributed by atoms with Gasteiger partial charge in [-0.1, -0.05) is 0 Å². The molecule has 1 aromatic heterocycles. The molecule has 2 unspecified atom stereocenters. The zero-order valence-electron chi connectivity index (χ0n) is 7.77. The van der Waals surface area contributed by atoms with Crippen LogP contribution in [0, 0.1) is 0 Å². The second-order valence-corrected chi connectivity index (χ2v) is 3.56. The molecule has 5 nitrogen and oxygen atoms in total. The molecule has 1 aliphatic rings. The highest BCUT2D eigenvalue weighted by Gasteiger charge is 2.23. The van der Waals surface area contributed by atoms with Crippen LogP contribution in [0.15, 0.2) is 17.2 Å². The topological polar surface area (TPSA) is 81.0 Å². The molecule has 3 N–H and O–H groups in total. The van der Waals surface area contributed by atoms with Gasteiger partial charge in [-0.2, -0.15) is 0 Å². The molecule has 2 atom stereocenters. The summed E-state index contributed by atoms with van der Waals surface area (Å²) in [4.78, 5) is 17.3. The van der Waals surface area contributed by atoms with E-state index in [2.05, 4.69) is 9.97 Å². The number of H-pyrrole nitrogens is 1. The zero-order valence-corrected chi connectivity index (χ0v) is 7.77. The predicted molar refractivity (Wildman–Crippen MR) is 51.1 cm³/mol. The lowest BCUT2D eigenvalue weighted by Gasteiger charge is -2.11. The number of hydrogen-bond acceptors (Lipinski definition) is 4. The maximum Gasteiger partial charge on any atom is 0.254 e. The lowest BCUT2D eigenvalue weighted by atomic mass is 10.3. The van der Waals surface area contributed by atoms with Crippen molar-refractivity contribution in [2.45, 2.75) is 31.4 Å². The number of nitrogens with two attached hydrogens (primary N) is 1. The number of nitrogens with one attached hydrogen (secondary N) is 1. The SMILES string of the molecule is NC1CCC(Oc2cc(=O)[nH]cn2)C1. The van der Waals surface area contributed by atoms with Gasteiger partial charge in [-0.25, -0.2) is 4.98 Å². The number of hydrogen-bond donors (Lipinski definition) is 2. The lowest BCUT2D eigenvalue weighted by Crippen LogP contribution is -2.20. The van der Waals surface area contributed by atoms with Crippen LogP contribution < -0.4 is 16.0 Å². The Balaban J connectivity index is 2.01. The third-order valence-corrected chi connectivity index (χ3v) is 2.37. The minimum atomic E-state index is -0.197. The van der Waals surface area contributed by atoms with E-state index in [0.717, 1.165) is 19.3 Å². The molecule has 1 aromatic rings. The molecule has 0 saturated heterocycles. The first-order valence-electron chi connectivity index (χ1n) is 4.71. The van der Waals surface area contributed by atoms with Crippen LogP contribution >= 0.6 is 0 Å². The highest BCUT2D eigenvalue weighted by molar-refractivity contribution is 5.06. The molecule has 0 amide bonds. The molecule has 0 aromatic carbocycles. The Kier molecular flexibility index (Phi) is 2.49. The summed E-state index contributed by atoms with van der Waals surface area (Å²) in [5.41, 5.74) is 5.54. The van der Waals surface area contributed by atoms with E-state index in [1.54, 1.807) is 0 Å². The fourth-order valence-corrected chi connectivity index (χ4v) is 1.67. The van der Waals surface area contributed by atoms with E-state index in [1.807, 2.05) is 0 Å². The Hall–Kier alpha value is -1.36. The second-order valence-electron chi connectivity index (χ2n) is 3.56. The number of aromatic amines is 1. The van der Waals surface area contributed by atoms with E-state index in [0.29, 0.717) is 5.88 Å². The van der Waals surface area contributed by atoms with E-state index in [1.165, 1.54) is 12.4 Å². The maximum atomic E-state index is 10.9. The maximum absolute atomic E-state index is 10.9. The molecule has 0 spiro atoms. The summed E-state index contributed by atoms with van der Waals surface area (Å²) in [6, 6.07) is 1.58. The standard InChI is InChI=1S/C9H13N3O2/c10-6-1-2-7(3-6)14-9-4-8(13)11-5-12-9/h4-7H,1-3,10H2,(H,11,12,13). The normalized spacial score (nSPS) is 26.4. The van der Waals surface area contributed by atoms with Crippen LogP contribution in [-0.2, 0) is 0 Å². The number of nitrogens with zero attached hydrogens (tertiary/aromatic N) is 1. The summed E-state index contributed by atoms with van der Waals surface area (Å²) in [6.07, 6.45) is 4.21. The van der Waals surface area contributed by atoms with Crippen molar-refractivity contribution in [1.82, 2.24) is 9.97 Å². The summed E-state index contributed by atoms with van der Waals surface area (Å²) in [5, 5.41) is 0. The van der Waals surface area contributed by atoms with Crippen molar-refractivity contribution in [3.05, 3.63) is 22.7 Å². The quantitative estimate of drug-likeness (QED) is 0.697. The fourth-order valence-electron chi connectivity index (χ4n) is 1.67. The van der Waals surface area contributed by atoms with Crippen LogP contribution in [0.3, 0.4) is 0 Å². The molecule has 0 aliphatic heterocycles. The molecule has 0 bridgehead atoms. The Bertz CT molecular complexity index is 363. The largest absolute Gasteiger partial charge is 0.474 e. The van der Waals surface area contributed by atoms with Crippen molar-refractivity contribution in [1.29, 1.82) is 0 Å². The van der Waals surface area contributed by atoms with E-state index in [-0.39, 0.29) is 17.7 Å². The highest BCUT2D eigenvalue weighted by atomic mass is 16.5. The van der Waals surface area contributed by atoms with Gasteiger partial charge in [0.25, 0.3) is 5.56 Å². The monoisotopic (exact) mass is 195 g/mol. The van der Waals surface area contributed by atoms with Gasteiger partial charge in [-0.05, 0) is 19.3 Å². The van der Waals surface area contributed by atoms with Gasteiger partial charge in [0.1, 0.15) is 6.10 Å². The van der Waals surface area contributed by atoms with Crippen molar-refractivity contribution in [3.8, 4) is 5.88 Å². The van der Waals surface area contributed by atoms with Gasteiger partial charge in [0.2, 0.25) is 5.88 Å². The van der Waals surface area contributed by atoms with Gasteiger partial charge >= 0.3 is 0 Å². The molecule has 1 fully saturated rings. The van der Waals surface area contributed by atoms with Crippen LogP contribution in [0.5, 0.6) is 5.88 Å². The first kappa shape index (κ1) is 9.21. The van der Waals surface area contributed by atoms with E-state index in [9.17, 15) is 4.79 Å². The first-order chi connectivity index (χ1) is 6.74. The third-order valence-electron chi connectivity index (χ3n) is 2.37. The predicted octanol–water partition coefficient (Wildman–Crippen LogP) is 0.0285. The fraction of sp³-hybridized carbons (Fsp3) is 0.556. The van der Waals surface area contributed by atoms with Crippen molar-refractivity contribution in [2.24, 2.45) is 5.73 Å². The van der Waals surface area contributed by atoms with Crippen LogP contribution in [0.1, 0.15) is 19.3 Å². The highest BCUT2D eigenvalue weighted by Crippen LogP contribution is 2.21. The average Bonchev–Trinajstić information content (AvgIpc) is 2.51. The van der Waals surface area contributed by atoms with E-state index in [4.69, 9.17) is 10.5 Å². The van der Waals surface area contributed by atoms with Crippen LogP contribution in [-0.4, -0.2) is 22.1 Å². The average molecular weight is 195 g/mol. The van der Waals surface area contributed by atoms with Gasteiger partial charge in [-0.15, -0.1) is 0 Å². The molecule has 1 heterocycles. The molecule has 14 heavy (non-hydrogen) atoms. The van der Waals surface area contributed by atoms with E-state index < -0.39 is 0 Å². The van der Waals surface area contributed by atoms with Gasteiger partial charge in [0.05, 0.1) is 12.4 Å². The van der Waals surface area contributed by atoms with Gasteiger partial charge in [-0.3, -0.25) is 4.79 Å². The second kappa shape index (κ2) is 3.79. The molecular formula is C9H13N3O2. The van der Waals surface area contributed by atoms with Gasteiger partial charge in [0.15, 0.2) is 0 Å². The summed E-state index contributed by atoms with van der Waals surface area (Å²) >= 11 is 0. The number of aromatic nitrogens is 2. The molecule has 2 rings (SSSR count). The minimum absolute atomic E-state index is 0.110. The molecule has 1 saturated carbocycles. The lowest BCUT2D eigenvalue weighted by molar-refractivity contribution is 0.199.